The molecule has 0 spiro atoms. The van der Waals surface area contributed by atoms with Crippen LogP contribution in [-0.4, -0.2) is 24.1 Å². The van der Waals surface area contributed by atoms with Crippen LogP contribution in [0.4, 0.5) is 0 Å². The number of hydrogen-bond donors (Lipinski definition) is 1. The molecule has 0 saturated heterocycles. The molecule has 0 aliphatic heterocycles. The fourth-order valence-corrected chi connectivity index (χ4v) is 4.49. The molecule has 0 aromatic rings. The van der Waals surface area contributed by atoms with Crippen molar-refractivity contribution in [1.29, 1.82) is 0 Å². The Morgan fingerprint density at radius 1 is 0.824 bits per heavy atom. The summed E-state index contributed by atoms with van der Waals surface area (Å²) in [6.45, 7) is 2.52. The van der Waals surface area contributed by atoms with Crippen molar-refractivity contribution in [1.82, 2.24) is 5.32 Å². The van der Waals surface area contributed by atoms with Gasteiger partial charge in [0, 0.05) is 17.5 Å². The van der Waals surface area contributed by atoms with Crippen LogP contribution in [0.15, 0.2) is 0 Å². The quantitative estimate of drug-likeness (QED) is 0.713. The third-order valence-corrected chi connectivity index (χ3v) is 5.72. The van der Waals surface area contributed by atoms with E-state index in [1.165, 1.54) is 83.1 Å². The molecule has 0 amide bonds. The molecule has 2 heteroatoms. The highest BCUT2D eigenvalue weighted by molar-refractivity contribution is 7.99. The Bertz CT molecular complexity index is 163. The largest absolute Gasteiger partial charge is 0.316 e. The second-order valence-electron chi connectivity index (χ2n) is 5.84. The summed E-state index contributed by atoms with van der Waals surface area (Å²) < 4.78 is 0. The molecule has 2 fully saturated rings. The molecular formula is C15H29NS. The summed E-state index contributed by atoms with van der Waals surface area (Å²) in [6.07, 6.45) is 14.8. The van der Waals surface area contributed by atoms with Crippen LogP contribution in [0.1, 0.15) is 64.2 Å². The number of thioether (sulfide) groups is 1. The molecule has 0 aromatic carbocycles. The zero-order valence-electron chi connectivity index (χ0n) is 11.3. The summed E-state index contributed by atoms with van der Waals surface area (Å²) >= 11 is 2.22. The second kappa shape index (κ2) is 8.42. The number of hydrogen-bond acceptors (Lipinski definition) is 2. The van der Waals surface area contributed by atoms with Gasteiger partial charge in [-0.2, -0.15) is 11.8 Å². The predicted molar refractivity (Wildman–Crippen MR) is 78.8 cm³/mol. The zero-order chi connectivity index (χ0) is 11.8. The van der Waals surface area contributed by atoms with Crippen LogP contribution in [0.3, 0.4) is 0 Å². The van der Waals surface area contributed by atoms with E-state index >= 15 is 0 Å². The summed E-state index contributed by atoms with van der Waals surface area (Å²) in [4.78, 5) is 0. The van der Waals surface area contributed by atoms with Crippen LogP contribution in [0.2, 0.25) is 0 Å². The molecule has 1 N–H and O–H groups in total. The highest BCUT2D eigenvalue weighted by Gasteiger charge is 2.14. The molecule has 2 rings (SSSR count). The van der Waals surface area contributed by atoms with Crippen molar-refractivity contribution in [2.24, 2.45) is 5.92 Å². The van der Waals surface area contributed by atoms with Gasteiger partial charge in [-0.05, 0) is 38.1 Å². The number of nitrogens with one attached hydrogen (secondary N) is 1. The first-order chi connectivity index (χ1) is 8.45. The Balaban J connectivity index is 1.42. The summed E-state index contributed by atoms with van der Waals surface area (Å²) in [5, 5.41) is 4.66. The maximum atomic E-state index is 3.67. The molecule has 0 atom stereocenters. The van der Waals surface area contributed by atoms with Gasteiger partial charge in [0.15, 0.2) is 0 Å². The molecule has 0 heterocycles. The lowest BCUT2D eigenvalue weighted by Crippen LogP contribution is -2.26. The van der Waals surface area contributed by atoms with E-state index in [-0.39, 0.29) is 0 Å². The van der Waals surface area contributed by atoms with Gasteiger partial charge < -0.3 is 5.32 Å². The van der Waals surface area contributed by atoms with E-state index in [1.807, 2.05) is 0 Å². The van der Waals surface area contributed by atoms with Gasteiger partial charge in [-0.1, -0.05) is 38.5 Å². The Hall–Kier alpha value is 0.310. The van der Waals surface area contributed by atoms with Gasteiger partial charge in [-0.3, -0.25) is 0 Å². The highest BCUT2D eigenvalue weighted by atomic mass is 32.2. The van der Waals surface area contributed by atoms with Crippen LogP contribution in [0.25, 0.3) is 0 Å². The predicted octanol–water partition coefficient (Wildman–Crippen LogP) is 4.22. The Labute approximate surface area is 112 Å². The van der Waals surface area contributed by atoms with Gasteiger partial charge in [0.1, 0.15) is 0 Å². The third-order valence-electron chi connectivity index (χ3n) is 4.34. The van der Waals surface area contributed by atoms with Crippen LogP contribution in [0.5, 0.6) is 0 Å². The fraction of sp³-hybridized carbons (Fsp3) is 1.00. The Morgan fingerprint density at radius 2 is 1.47 bits per heavy atom. The molecule has 0 unspecified atom stereocenters. The van der Waals surface area contributed by atoms with Crippen molar-refractivity contribution in [3.8, 4) is 0 Å². The second-order valence-corrected chi connectivity index (χ2v) is 7.25. The minimum absolute atomic E-state index is 0.986. The molecular weight excluding hydrogens is 226 g/mol. The van der Waals surface area contributed by atoms with Gasteiger partial charge in [-0.25, -0.2) is 0 Å². The molecule has 0 aromatic heterocycles. The molecule has 2 aliphatic carbocycles. The summed E-state index contributed by atoms with van der Waals surface area (Å²) in [7, 11) is 0. The van der Waals surface area contributed by atoms with E-state index < -0.39 is 0 Å². The molecule has 17 heavy (non-hydrogen) atoms. The minimum atomic E-state index is 0.986. The first-order valence-corrected chi connectivity index (χ1v) is 8.82. The standard InChI is InChI=1S/C15H29NS/c1-3-7-14(8-4-1)13-16-11-12-17-15-9-5-2-6-10-15/h14-16H,1-13H2. The maximum Gasteiger partial charge on any atom is 0.00608 e. The smallest absolute Gasteiger partial charge is 0.00608 e. The monoisotopic (exact) mass is 255 g/mol. The highest BCUT2D eigenvalue weighted by Crippen LogP contribution is 2.27. The first-order valence-electron chi connectivity index (χ1n) is 7.77. The average Bonchev–Trinajstić information content (AvgIpc) is 2.41. The van der Waals surface area contributed by atoms with Crippen molar-refractivity contribution in [2.45, 2.75) is 69.5 Å². The van der Waals surface area contributed by atoms with Gasteiger partial charge in [0.2, 0.25) is 0 Å². The van der Waals surface area contributed by atoms with Crippen molar-refractivity contribution in [3.63, 3.8) is 0 Å². The third kappa shape index (κ3) is 5.65. The first kappa shape index (κ1) is 13.7. The molecule has 0 bridgehead atoms. The van der Waals surface area contributed by atoms with Crippen LogP contribution in [-0.2, 0) is 0 Å². The van der Waals surface area contributed by atoms with Crippen molar-refractivity contribution >= 4 is 11.8 Å². The lowest BCUT2D eigenvalue weighted by molar-refractivity contribution is 0.345. The van der Waals surface area contributed by atoms with E-state index in [4.69, 9.17) is 0 Å². The van der Waals surface area contributed by atoms with Gasteiger partial charge in [0.05, 0.1) is 0 Å². The van der Waals surface area contributed by atoms with Crippen LogP contribution in [0, 0.1) is 5.92 Å². The van der Waals surface area contributed by atoms with Crippen molar-refractivity contribution in [3.05, 3.63) is 0 Å². The lowest BCUT2D eigenvalue weighted by Gasteiger charge is -2.23. The Kier molecular flexibility index (Phi) is 6.80. The van der Waals surface area contributed by atoms with E-state index in [1.54, 1.807) is 0 Å². The minimum Gasteiger partial charge on any atom is -0.316 e. The summed E-state index contributed by atoms with van der Waals surface area (Å²) in [6, 6.07) is 0. The maximum absolute atomic E-state index is 3.67. The SMILES string of the molecule is C1CCC(CNCCSC2CCCCC2)CC1. The van der Waals surface area contributed by atoms with E-state index in [0.717, 1.165) is 11.2 Å². The lowest BCUT2D eigenvalue weighted by atomic mass is 9.89. The van der Waals surface area contributed by atoms with Gasteiger partial charge in [0.25, 0.3) is 0 Å². The topological polar surface area (TPSA) is 12.0 Å². The number of rotatable bonds is 6. The van der Waals surface area contributed by atoms with Crippen LogP contribution >= 0.6 is 11.8 Å². The molecule has 1 nitrogen and oxygen atoms in total. The van der Waals surface area contributed by atoms with Crippen LogP contribution < -0.4 is 5.32 Å². The fourth-order valence-electron chi connectivity index (χ4n) is 3.23. The average molecular weight is 255 g/mol. The van der Waals surface area contributed by atoms with E-state index in [9.17, 15) is 0 Å². The van der Waals surface area contributed by atoms with E-state index in [0.29, 0.717) is 0 Å². The summed E-state index contributed by atoms with van der Waals surface area (Å²) in [5.74, 6) is 2.32. The zero-order valence-corrected chi connectivity index (χ0v) is 12.1. The molecule has 2 aliphatic rings. The van der Waals surface area contributed by atoms with E-state index in [2.05, 4.69) is 17.1 Å². The van der Waals surface area contributed by atoms with Crippen molar-refractivity contribution < 1.29 is 0 Å². The Morgan fingerprint density at radius 3 is 2.18 bits per heavy atom. The van der Waals surface area contributed by atoms with Gasteiger partial charge in [-0.15, -0.1) is 0 Å². The normalized spacial score (nSPS) is 24.0. The van der Waals surface area contributed by atoms with Crippen molar-refractivity contribution in [2.75, 3.05) is 18.8 Å². The molecule has 0 radical (unpaired) electrons. The van der Waals surface area contributed by atoms with Gasteiger partial charge >= 0.3 is 0 Å². The molecule has 2 saturated carbocycles. The summed E-state index contributed by atoms with van der Waals surface area (Å²) in [5.41, 5.74) is 0. The molecule has 100 valence electrons.